The molecule has 0 saturated heterocycles. The van der Waals surface area contributed by atoms with E-state index in [9.17, 15) is 0 Å². The molecule has 4 nitrogen and oxygen atoms in total. The first kappa shape index (κ1) is 10.8. The molecule has 0 radical (unpaired) electrons. The van der Waals surface area contributed by atoms with Gasteiger partial charge >= 0.3 is 0 Å². The normalized spacial score (nSPS) is 10.8. The summed E-state index contributed by atoms with van der Waals surface area (Å²) >= 11 is 0. The van der Waals surface area contributed by atoms with Crippen molar-refractivity contribution in [2.75, 3.05) is 7.11 Å². The highest BCUT2D eigenvalue weighted by molar-refractivity contribution is 5.86. The molecule has 3 aromatic rings. The molecule has 0 saturated carbocycles. The highest BCUT2D eigenvalue weighted by atomic mass is 16.5. The van der Waals surface area contributed by atoms with Crippen LogP contribution in [0.3, 0.4) is 0 Å². The van der Waals surface area contributed by atoms with Crippen LogP contribution in [-0.4, -0.2) is 22.3 Å². The minimum Gasteiger partial charge on any atom is -0.497 e. The summed E-state index contributed by atoms with van der Waals surface area (Å²) < 4.78 is 5.23. The Morgan fingerprint density at radius 3 is 2.83 bits per heavy atom. The predicted molar refractivity (Wildman–Crippen MR) is 70.6 cm³/mol. The molecular formula is C14H13N3O. The molecule has 4 heteroatoms. The number of aromatic amines is 1. The van der Waals surface area contributed by atoms with Gasteiger partial charge in [-0.05, 0) is 30.7 Å². The first-order chi connectivity index (χ1) is 8.78. The van der Waals surface area contributed by atoms with Gasteiger partial charge in [-0.2, -0.15) is 5.10 Å². The van der Waals surface area contributed by atoms with E-state index in [2.05, 4.69) is 28.2 Å². The van der Waals surface area contributed by atoms with E-state index < -0.39 is 0 Å². The molecule has 0 amide bonds. The zero-order valence-electron chi connectivity index (χ0n) is 10.3. The Kier molecular flexibility index (Phi) is 2.48. The van der Waals surface area contributed by atoms with Crippen LogP contribution in [0, 0.1) is 6.92 Å². The molecule has 0 bridgehead atoms. The van der Waals surface area contributed by atoms with Crippen LogP contribution in [0.25, 0.3) is 22.2 Å². The molecule has 2 heterocycles. The Morgan fingerprint density at radius 2 is 2.11 bits per heavy atom. The van der Waals surface area contributed by atoms with Crippen LogP contribution in [-0.2, 0) is 0 Å². The number of benzene rings is 1. The number of aromatic nitrogens is 3. The molecule has 0 aliphatic carbocycles. The van der Waals surface area contributed by atoms with Gasteiger partial charge in [0.25, 0.3) is 0 Å². The maximum Gasteiger partial charge on any atom is 0.121 e. The van der Waals surface area contributed by atoms with Crippen molar-refractivity contribution < 1.29 is 4.74 Å². The maximum absolute atomic E-state index is 5.23. The van der Waals surface area contributed by atoms with Crippen LogP contribution in [0.4, 0.5) is 0 Å². The number of hydrogen-bond acceptors (Lipinski definition) is 3. The minimum atomic E-state index is 0.818. The van der Waals surface area contributed by atoms with Crippen LogP contribution in [0.1, 0.15) is 5.56 Å². The quantitative estimate of drug-likeness (QED) is 0.748. The van der Waals surface area contributed by atoms with Crippen molar-refractivity contribution in [3.63, 3.8) is 0 Å². The zero-order chi connectivity index (χ0) is 12.5. The van der Waals surface area contributed by atoms with Crippen LogP contribution in [0.2, 0.25) is 0 Å². The van der Waals surface area contributed by atoms with Crippen molar-refractivity contribution >= 4 is 10.9 Å². The molecule has 0 aliphatic rings. The second-order valence-corrected chi connectivity index (χ2v) is 4.19. The number of nitrogens with zero attached hydrogens (tertiary/aromatic N) is 2. The van der Waals surface area contributed by atoms with E-state index >= 15 is 0 Å². The number of fused-ring (bicyclic) bond motifs is 1. The van der Waals surface area contributed by atoms with E-state index in [0.29, 0.717) is 0 Å². The van der Waals surface area contributed by atoms with Gasteiger partial charge in [0, 0.05) is 23.2 Å². The molecule has 3 rings (SSSR count). The van der Waals surface area contributed by atoms with Crippen LogP contribution in [0.15, 0.2) is 36.7 Å². The van der Waals surface area contributed by atoms with Crippen LogP contribution >= 0.6 is 0 Å². The summed E-state index contributed by atoms with van der Waals surface area (Å²) in [4.78, 5) is 4.65. The molecule has 1 aromatic carbocycles. The minimum absolute atomic E-state index is 0.818. The highest BCUT2D eigenvalue weighted by Crippen LogP contribution is 2.26. The molecule has 18 heavy (non-hydrogen) atoms. The first-order valence-corrected chi connectivity index (χ1v) is 5.72. The molecule has 0 aliphatic heterocycles. The lowest BCUT2D eigenvalue weighted by molar-refractivity contribution is 0.415. The van der Waals surface area contributed by atoms with E-state index in [1.165, 1.54) is 5.56 Å². The standard InChI is InChI=1S/C14H13N3O/c1-9-5-13(10-7-15-16-8-10)17-14-6-11(18-2)3-4-12(9)14/h3-8H,1-2H3,(H,15,16). The lowest BCUT2D eigenvalue weighted by Gasteiger charge is -2.07. The van der Waals surface area contributed by atoms with Crippen molar-refractivity contribution in [2.24, 2.45) is 0 Å². The third kappa shape index (κ3) is 1.72. The van der Waals surface area contributed by atoms with Crippen molar-refractivity contribution in [1.29, 1.82) is 0 Å². The monoisotopic (exact) mass is 239 g/mol. The highest BCUT2D eigenvalue weighted by Gasteiger charge is 2.06. The van der Waals surface area contributed by atoms with Gasteiger partial charge in [-0.15, -0.1) is 0 Å². The predicted octanol–water partition coefficient (Wildman–Crippen LogP) is 2.94. The fourth-order valence-electron chi connectivity index (χ4n) is 2.05. The topological polar surface area (TPSA) is 50.8 Å². The zero-order valence-corrected chi connectivity index (χ0v) is 10.3. The summed E-state index contributed by atoms with van der Waals surface area (Å²) in [6.45, 7) is 2.08. The largest absolute Gasteiger partial charge is 0.497 e. The van der Waals surface area contributed by atoms with Gasteiger partial charge < -0.3 is 4.74 Å². The fraction of sp³-hybridized carbons (Fsp3) is 0.143. The molecule has 0 atom stereocenters. The van der Waals surface area contributed by atoms with Crippen molar-refractivity contribution in [3.05, 3.63) is 42.2 Å². The maximum atomic E-state index is 5.23. The Balaban J connectivity index is 2.24. The lowest BCUT2D eigenvalue weighted by atomic mass is 10.1. The molecular weight excluding hydrogens is 226 g/mol. The summed E-state index contributed by atoms with van der Waals surface area (Å²) in [6.07, 6.45) is 3.61. The summed E-state index contributed by atoms with van der Waals surface area (Å²) in [6, 6.07) is 8.01. The molecule has 2 aromatic heterocycles. The van der Waals surface area contributed by atoms with Crippen molar-refractivity contribution in [1.82, 2.24) is 15.2 Å². The Labute approximate surface area is 105 Å². The van der Waals surface area contributed by atoms with Crippen LogP contribution < -0.4 is 4.74 Å². The van der Waals surface area contributed by atoms with Gasteiger partial charge in [0.05, 0.1) is 24.5 Å². The average Bonchev–Trinajstić information content (AvgIpc) is 2.91. The molecule has 0 fully saturated rings. The van der Waals surface area contributed by atoms with Gasteiger partial charge in [-0.3, -0.25) is 5.10 Å². The number of hydrogen-bond donors (Lipinski definition) is 1. The van der Waals surface area contributed by atoms with E-state index in [1.807, 2.05) is 24.4 Å². The number of ether oxygens (including phenoxy) is 1. The number of rotatable bonds is 2. The van der Waals surface area contributed by atoms with E-state index in [4.69, 9.17) is 4.74 Å². The van der Waals surface area contributed by atoms with Crippen LogP contribution in [0.5, 0.6) is 5.75 Å². The molecule has 0 unspecified atom stereocenters. The Morgan fingerprint density at radius 1 is 1.22 bits per heavy atom. The summed E-state index contributed by atoms with van der Waals surface area (Å²) in [5.74, 6) is 0.818. The Bertz CT molecular complexity index is 690. The van der Waals surface area contributed by atoms with Crippen molar-refractivity contribution in [3.8, 4) is 17.0 Å². The van der Waals surface area contributed by atoms with E-state index in [0.717, 1.165) is 27.9 Å². The smallest absolute Gasteiger partial charge is 0.121 e. The van der Waals surface area contributed by atoms with Gasteiger partial charge in [0.1, 0.15) is 5.75 Å². The number of aryl methyl sites for hydroxylation is 1. The number of H-pyrrole nitrogens is 1. The SMILES string of the molecule is COc1ccc2c(C)cc(-c3cn[nH]c3)nc2c1. The van der Waals surface area contributed by atoms with Crippen molar-refractivity contribution in [2.45, 2.75) is 6.92 Å². The van der Waals surface area contributed by atoms with E-state index in [1.54, 1.807) is 13.3 Å². The average molecular weight is 239 g/mol. The molecule has 90 valence electrons. The molecule has 0 spiro atoms. The summed E-state index contributed by atoms with van der Waals surface area (Å²) in [5.41, 5.74) is 4.04. The second-order valence-electron chi connectivity index (χ2n) is 4.19. The number of pyridine rings is 1. The summed E-state index contributed by atoms with van der Waals surface area (Å²) in [7, 11) is 1.66. The Hall–Kier alpha value is -2.36. The van der Waals surface area contributed by atoms with Gasteiger partial charge in [0.15, 0.2) is 0 Å². The van der Waals surface area contributed by atoms with Gasteiger partial charge in [-0.1, -0.05) is 0 Å². The van der Waals surface area contributed by atoms with E-state index in [-0.39, 0.29) is 0 Å². The van der Waals surface area contributed by atoms with Gasteiger partial charge in [-0.25, -0.2) is 4.98 Å². The third-order valence-electron chi connectivity index (χ3n) is 3.02. The lowest BCUT2D eigenvalue weighted by Crippen LogP contribution is -1.89. The number of methoxy groups -OCH3 is 1. The fourth-order valence-corrected chi connectivity index (χ4v) is 2.05. The van der Waals surface area contributed by atoms with Gasteiger partial charge in [0.2, 0.25) is 0 Å². The third-order valence-corrected chi connectivity index (χ3v) is 3.02. The first-order valence-electron chi connectivity index (χ1n) is 5.72. The number of nitrogens with one attached hydrogen (secondary N) is 1. The summed E-state index contributed by atoms with van der Waals surface area (Å²) in [5, 5.41) is 7.90. The molecule has 1 N–H and O–H groups in total. The second kappa shape index (κ2) is 4.14.